The fraction of sp³-hybridized carbons (Fsp3) is 0.364. The topological polar surface area (TPSA) is 38.3 Å². The maximum atomic E-state index is 11.8. The van der Waals surface area contributed by atoms with Gasteiger partial charge in [-0.15, -0.1) is 11.6 Å². The number of benzene rings is 1. The first kappa shape index (κ1) is 13.3. The Bertz CT molecular complexity index is 382. The molecule has 0 aromatic heterocycles. The van der Waals surface area contributed by atoms with E-state index in [1.54, 1.807) is 25.3 Å². The van der Waals surface area contributed by atoms with Crippen LogP contribution in [0.1, 0.15) is 17.3 Å². The molecule has 0 bridgehead atoms. The van der Waals surface area contributed by atoms with Crippen LogP contribution in [-0.4, -0.2) is 24.9 Å². The number of nitrogens with one attached hydrogen (secondary N) is 1. The smallest absolute Gasteiger partial charge is 0.252 e. The standard InChI is InChI=1S/C11H13BrClNO2/c1-7(13)6-14-11(15)9-5-8(16-2)3-4-10(9)12/h3-5,7H,6H2,1-2H3,(H,14,15). The lowest BCUT2D eigenvalue weighted by atomic mass is 10.2. The number of methoxy groups -OCH3 is 1. The van der Waals surface area contributed by atoms with Gasteiger partial charge < -0.3 is 10.1 Å². The van der Waals surface area contributed by atoms with Crippen LogP contribution in [-0.2, 0) is 0 Å². The van der Waals surface area contributed by atoms with Gasteiger partial charge in [0.25, 0.3) is 5.91 Å². The highest BCUT2D eigenvalue weighted by molar-refractivity contribution is 9.10. The number of halogens is 2. The Hall–Kier alpha value is -0.740. The largest absolute Gasteiger partial charge is 0.497 e. The van der Waals surface area contributed by atoms with Crippen molar-refractivity contribution in [1.82, 2.24) is 5.32 Å². The Morgan fingerprint density at radius 3 is 2.88 bits per heavy atom. The molecule has 3 nitrogen and oxygen atoms in total. The van der Waals surface area contributed by atoms with Crippen LogP contribution in [0.5, 0.6) is 5.75 Å². The zero-order valence-electron chi connectivity index (χ0n) is 9.09. The summed E-state index contributed by atoms with van der Waals surface area (Å²) in [5.41, 5.74) is 0.539. The molecule has 1 unspecified atom stereocenters. The number of carbonyl (C=O) groups is 1. The van der Waals surface area contributed by atoms with E-state index < -0.39 is 0 Å². The van der Waals surface area contributed by atoms with Crippen molar-refractivity contribution in [3.8, 4) is 5.75 Å². The normalized spacial score (nSPS) is 12.0. The van der Waals surface area contributed by atoms with Gasteiger partial charge in [0.05, 0.1) is 12.7 Å². The molecule has 0 aliphatic rings. The van der Waals surface area contributed by atoms with Gasteiger partial charge in [0.1, 0.15) is 5.75 Å². The molecule has 0 fully saturated rings. The highest BCUT2D eigenvalue weighted by Crippen LogP contribution is 2.22. The Morgan fingerprint density at radius 2 is 2.31 bits per heavy atom. The van der Waals surface area contributed by atoms with E-state index >= 15 is 0 Å². The predicted octanol–water partition coefficient (Wildman–Crippen LogP) is 2.81. The van der Waals surface area contributed by atoms with E-state index in [0.29, 0.717) is 17.9 Å². The van der Waals surface area contributed by atoms with E-state index in [4.69, 9.17) is 16.3 Å². The third-order valence-corrected chi connectivity index (χ3v) is 2.81. The van der Waals surface area contributed by atoms with Crippen molar-refractivity contribution >= 4 is 33.4 Å². The maximum absolute atomic E-state index is 11.8. The van der Waals surface area contributed by atoms with Gasteiger partial charge in [-0.2, -0.15) is 0 Å². The molecule has 0 radical (unpaired) electrons. The SMILES string of the molecule is COc1ccc(Br)c(C(=O)NCC(C)Cl)c1. The van der Waals surface area contributed by atoms with E-state index in [2.05, 4.69) is 21.2 Å². The summed E-state index contributed by atoms with van der Waals surface area (Å²) in [6.07, 6.45) is 0. The van der Waals surface area contributed by atoms with Crippen LogP contribution in [0, 0.1) is 0 Å². The molecule has 1 amide bonds. The number of hydrogen-bond acceptors (Lipinski definition) is 2. The first-order valence-electron chi connectivity index (χ1n) is 4.80. The molecule has 0 aliphatic heterocycles. The van der Waals surface area contributed by atoms with Gasteiger partial charge in [-0.1, -0.05) is 0 Å². The summed E-state index contributed by atoms with van der Waals surface area (Å²) in [5.74, 6) is 0.477. The van der Waals surface area contributed by atoms with Crippen LogP contribution in [0.25, 0.3) is 0 Å². The van der Waals surface area contributed by atoms with E-state index in [0.717, 1.165) is 4.47 Å². The van der Waals surface area contributed by atoms with Crippen LogP contribution in [0.2, 0.25) is 0 Å². The first-order valence-corrected chi connectivity index (χ1v) is 6.03. The van der Waals surface area contributed by atoms with Gasteiger partial charge in [-0.05, 0) is 41.1 Å². The average molecular weight is 307 g/mol. The predicted molar refractivity (Wildman–Crippen MR) is 68.3 cm³/mol. The summed E-state index contributed by atoms with van der Waals surface area (Å²) < 4.78 is 5.79. The molecule has 1 rings (SSSR count). The maximum Gasteiger partial charge on any atom is 0.252 e. The van der Waals surface area contributed by atoms with Crippen molar-refractivity contribution in [1.29, 1.82) is 0 Å². The van der Waals surface area contributed by atoms with Crippen molar-refractivity contribution in [2.24, 2.45) is 0 Å². The first-order chi connectivity index (χ1) is 7.54. The lowest BCUT2D eigenvalue weighted by Gasteiger charge is -2.09. The van der Waals surface area contributed by atoms with Crippen molar-refractivity contribution in [3.05, 3.63) is 28.2 Å². The molecule has 1 N–H and O–H groups in total. The summed E-state index contributed by atoms with van der Waals surface area (Å²) in [6.45, 7) is 2.26. The molecular formula is C11H13BrClNO2. The van der Waals surface area contributed by atoms with Gasteiger partial charge in [-0.25, -0.2) is 0 Å². The molecule has 16 heavy (non-hydrogen) atoms. The molecule has 0 saturated heterocycles. The molecule has 0 saturated carbocycles. The minimum atomic E-state index is -0.168. The van der Waals surface area contributed by atoms with E-state index in [9.17, 15) is 4.79 Å². The third-order valence-electron chi connectivity index (χ3n) is 1.96. The highest BCUT2D eigenvalue weighted by atomic mass is 79.9. The molecule has 1 aromatic rings. The second-order valence-corrected chi connectivity index (χ2v) is 4.94. The fourth-order valence-electron chi connectivity index (χ4n) is 1.13. The second kappa shape index (κ2) is 6.11. The van der Waals surface area contributed by atoms with Crippen LogP contribution < -0.4 is 10.1 Å². The molecule has 5 heteroatoms. The number of alkyl halides is 1. The van der Waals surface area contributed by atoms with Crippen LogP contribution in [0.3, 0.4) is 0 Å². The number of hydrogen-bond donors (Lipinski definition) is 1. The molecule has 1 aromatic carbocycles. The van der Waals surface area contributed by atoms with Gasteiger partial charge in [0.15, 0.2) is 0 Å². The van der Waals surface area contributed by atoms with E-state index in [1.165, 1.54) is 0 Å². The Labute approximate surface area is 108 Å². The number of rotatable bonds is 4. The molecular weight excluding hydrogens is 293 g/mol. The molecule has 1 atom stereocenters. The number of ether oxygens (including phenoxy) is 1. The molecule has 0 heterocycles. The number of carbonyl (C=O) groups excluding carboxylic acids is 1. The molecule has 0 aliphatic carbocycles. The van der Waals surface area contributed by atoms with Crippen molar-refractivity contribution in [2.75, 3.05) is 13.7 Å². The van der Waals surface area contributed by atoms with E-state index in [1.807, 2.05) is 6.92 Å². The summed E-state index contributed by atoms with van der Waals surface area (Å²) in [5, 5.41) is 2.64. The lowest BCUT2D eigenvalue weighted by molar-refractivity contribution is 0.0953. The third kappa shape index (κ3) is 3.68. The lowest BCUT2D eigenvalue weighted by Crippen LogP contribution is -2.28. The van der Waals surface area contributed by atoms with Gasteiger partial charge in [0.2, 0.25) is 0 Å². The quantitative estimate of drug-likeness (QED) is 0.869. The Morgan fingerprint density at radius 1 is 1.62 bits per heavy atom. The van der Waals surface area contributed by atoms with Gasteiger partial charge in [0, 0.05) is 16.4 Å². The Kier molecular flexibility index (Phi) is 5.09. The van der Waals surface area contributed by atoms with E-state index in [-0.39, 0.29) is 11.3 Å². The minimum Gasteiger partial charge on any atom is -0.497 e. The summed E-state index contributed by atoms with van der Waals surface area (Å²) in [7, 11) is 1.56. The minimum absolute atomic E-state index is 0.0895. The van der Waals surface area contributed by atoms with Crippen molar-refractivity contribution in [2.45, 2.75) is 12.3 Å². The molecule has 88 valence electrons. The zero-order valence-corrected chi connectivity index (χ0v) is 11.4. The fourth-order valence-corrected chi connectivity index (χ4v) is 1.64. The van der Waals surface area contributed by atoms with Gasteiger partial charge >= 0.3 is 0 Å². The summed E-state index contributed by atoms with van der Waals surface area (Å²) in [4.78, 5) is 11.8. The monoisotopic (exact) mass is 305 g/mol. The van der Waals surface area contributed by atoms with Gasteiger partial charge in [-0.3, -0.25) is 4.79 Å². The highest BCUT2D eigenvalue weighted by Gasteiger charge is 2.11. The second-order valence-electron chi connectivity index (χ2n) is 3.34. The zero-order chi connectivity index (χ0) is 12.1. The van der Waals surface area contributed by atoms with Crippen molar-refractivity contribution in [3.63, 3.8) is 0 Å². The summed E-state index contributed by atoms with van der Waals surface area (Å²) >= 11 is 9.07. The molecule has 0 spiro atoms. The van der Waals surface area contributed by atoms with Crippen LogP contribution >= 0.6 is 27.5 Å². The average Bonchev–Trinajstić information content (AvgIpc) is 2.26. The van der Waals surface area contributed by atoms with Crippen LogP contribution in [0.15, 0.2) is 22.7 Å². The number of amides is 1. The Balaban J connectivity index is 2.81. The van der Waals surface area contributed by atoms with Crippen LogP contribution in [0.4, 0.5) is 0 Å². The van der Waals surface area contributed by atoms with Crippen molar-refractivity contribution < 1.29 is 9.53 Å². The summed E-state index contributed by atoms with van der Waals surface area (Å²) in [6, 6.07) is 5.24.